The second-order valence-corrected chi connectivity index (χ2v) is 8.86. The maximum absolute atomic E-state index is 2.50. The van der Waals surface area contributed by atoms with E-state index in [1.807, 2.05) is 0 Å². The van der Waals surface area contributed by atoms with E-state index >= 15 is 0 Å². The summed E-state index contributed by atoms with van der Waals surface area (Å²) in [7, 11) is 0. The molecule has 0 N–H and O–H groups in total. The van der Waals surface area contributed by atoms with Gasteiger partial charge < -0.3 is 0 Å². The molecule has 132 valence electrons. The lowest BCUT2D eigenvalue weighted by Gasteiger charge is -2.57. The molecule has 0 unspecified atom stereocenters. The summed E-state index contributed by atoms with van der Waals surface area (Å²) < 4.78 is 0. The van der Waals surface area contributed by atoms with Crippen molar-refractivity contribution in [3.8, 4) is 11.1 Å². The molecule has 2 aromatic rings. The summed E-state index contributed by atoms with van der Waals surface area (Å²) >= 11 is 0. The van der Waals surface area contributed by atoms with E-state index in [-0.39, 0.29) is 24.8 Å². The first-order chi connectivity index (χ1) is 11.3. The summed E-state index contributed by atoms with van der Waals surface area (Å²) in [6.45, 7) is 0. The summed E-state index contributed by atoms with van der Waals surface area (Å²) in [6.07, 6.45) is 10.2. The fourth-order valence-corrected chi connectivity index (χ4v) is 7.09. The van der Waals surface area contributed by atoms with Crippen molar-refractivity contribution < 1.29 is 0 Å². The monoisotopic (exact) mass is 372 g/mol. The van der Waals surface area contributed by atoms with Crippen LogP contribution in [0.1, 0.15) is 55.2 Å². The Balaban J connectivity index is 0.000000784. The topological polar surface area (TPSA) is 0 Å². The first-order valence-corrected chi connectivity index (χ1v) is 9.51. The van der Waals surface area contributed by atoms with Crippen molar-refractivity contribution in [2.45, 2.75) is 50.4 Å². The summed E-state index contributed by atoms with van der Waals surface area (Å²) in [6, 6.07) is 16.3. The SMILES string of the molecule is Cl.Cl.c1ccc2c(c1)Cc1c-2cccc1C12CC3CC(CC(C3)C1)C2. The van der Waals surface area contributed by atoms with E-state index in [1.54, 1.807) is 16.7 Å². The average molecular weight is 373 g/mol. The highest BCUT2D eigenvalue weighted by Crippen LogP contribution is 2.62. The van der Waals surface area contributed by atoms with E-state index in [9.17, 15) is 0 Å². The molecule has 4 bridgehead atoms. The van der Waals surface area contributed by atoms with Gasteiger partial charge >= 0.3 is 0 Å². The van der Waals surface area contributed by atoms with Gasteiger partial charge in [-0.15, -0.1) is 24.8 Å². The van der Waals surface area contributed by atoms with E-state index in [1.165, 1.54) is 56.1 Å². The van der Waals surface area contributed by atoms with E-state index in [0.717, 1.165) is 17.8 Å². The minimum Gasteiger partial charge on any atom is -0.147 e. The Morgan fingerprint density at radius 1 is 0.680 bits per heavy atom. The molecule has 0 amide bonds. The van der Waals surface area contributed by atoms with Gasteiger partial charge in [0.2, 0.25) is 0 Å². The number of halogens is 2. The van der Waals surface area contributed by atoms with Gasteiger partial charge in [-0.05, 0) is 95.9 Å². The van der Waals surface area contributed by atoms with Crippen LogP contribution in [0, 0.1) is 17.8 Å². The molecule has 5 aliphatic carbocycles. The molecule has 2 aromatic carbocycles. The third kappa shape index (κ3) is 2.41. The quantitative estimate of drug-likeness (QED) is 0.453. The molecule has 0 aliphatic heterocycles. The molecule has 0 saturated heterocycles. The predicted molar refractivity (Wildman–Crippen MR) is 109 cm³/mol. The van der Waals surface area contributed by atoms with E-state index in [0.29, 0.717) is 5.41 Å². The van der Waals surface area contributed by atoms with Crippen molar-refractivity contribution in [2.24, 2.45) is 17.8 Å². The van der Waals surface area contributed by atoms with Crippen molar-refractivity contribution in [1.82, 2.24) is 0 Å². The molecule has 0 heterocycles. The Bertz CT molecular complexity index is 772. The molecule has 0 radical (unpaired) electrons. The first kappa shape index (κ1) is 17.4. The van der Waals surface area contributed by atoms with Crippen LogP contribution >= 0.6 is 24.8 Å². The van der Waals surface area contributed by atoms with Gasteiger partial charge in [0.1, 0.15) is 0 Å². The van der Waals surface area contributed by atoms with Crippen LogP contribution < -0.4 is 0 Å². The largest absolute Gasteiger partial charge is 0.147 e. The average Bonchev–Trinajstić information content (AvgIpc) is 2.92. The Morgan fingerprint density at radius 2 is 1.28 bits per heavy atom. The van der Waals surface area contributed by atoms with Crippen LogP contribution in [0.25, 0.3) is 11.1 Å². The Labute approximate surface area is 163 Å². The third-order valence-corrected chi connectivity index (χ3v) is 7.46. The van der Waals surface area contributed by atoms with Gasteiger partial charge in [0, 0.05) is 0 Å². The van der Waals surface area contributed by atoms with Gasteiger partial charge in [0.25, 0.3) is 0 Å². The fourth-order valence-electron chi connectivity index (χ4n) is 7.09. The number of fused-ring (bicyclic) bond motifs is 3. The Hall–Kier alpha value is -0.980. The molecule has 0 aromatic heterocycles. The van der Waals surface area contributed by atoms with E-state index < -0.39 is 0 Å². The second kappa shape index (κ2) is 6.03. The Kier molecular flexibility index (Phi) is 4.21. The van der Waals surface area contributed by atoms with Crippen LogP contribution in [0.3, 0.4) is 0 Å². The van der Waals surface area contributed by atoms with Crippen molar-refractivity contribution in [3.05, 3.63) is 59.2 Å². The van der Waals surface area contributed by atoms with Crippen LogP contribution in [-0.4, -0.2) is 0 Å². The zero-order valence-corrected chi connectivity index (χ0v) is 16.2. The maximum Gasteiger partial charge on any atom is -0.00105 e. The van der Waals surface area contributed by atoms with Crippen molar-refractivity contribution in [1.29, 1.82) is 0 Å². The molecule has 4 fully saturated rings. The van der Waals surface area contributed by atoms with Crippen LogP contribution in [0.4, 0.5) is 0 Å². The zero-order chi connectivity index (χ0) is 15.0. The molecule has 0 atom stereocenters. The minimum atomic E-state index is 0. The highest BCUT2D eigenvalue weighted by molar-refractivity contribution is 5.85. The first-order valence-electron chi connectivity index (χ1n) is 9.51. The third-order valence-electron chi connectivity index (χ3n) is 7.46. The summed E-state index contributed by atoms with van der Waals surface area (Å²) in [4.78, 5) is 0. The molecular formula is C23H26Cl2. The summed E-state index contributed by atoms with van der Waals surface area (Å²) in [5.74, 6) is 3.09. The molecule has 7 rings (SSSR count). The lowest BCUT2D eigenvalue weighted by atomic mass is 9.47. The van der Waals surface area contributed by atoms with Gasteiger partial charge in [-0.1, -0.05) is 42.5 Å². The molecule has 5 aliphatic rings. The molecule has 0 nitrogen and oxygen atoms in total. The minimum absolute atomic E-state index is 0. The van der Waals surface area contributed by atoms with Gasteiger partial charge in [0.15, 0.2) is 0 Å². The molecule has 4 saturated carbocycles. The zero-order valence-electron chi connectivity index (χ0n) is 14.5. The summed E-state index contributed by atoms with van der Waals surface area (Å²) in [5, 5.41) is 0. The number of hydrogen-bond acceptors (Lipinski definition) is 0. The normalized spacial score (nSPS) is 33.2. The standard InChI is InChI=1S/C23H24.2ClH/c1-2-5-19-18(4-1)11-21-20(19)6-3-7-22(21)23-12-15-8-16(13-23)10-17(9-15)14-23;;/h1-7,15-17H,8-14H2;2*1H. The smallest absolute Gasteiger partial charge is 0.00105 e. The molecule has 0 spiro atoms. The van der Waals surface area contributed by atoms with Gasteiger partial charge in [-0.2, -0.15) is 0 Å². The lowest BCUT2D eigenvalue weighted by molar-refractivity contribution is -0.00549. The highest BCUT2D eigenvalue weighted by atomic mass is 35.5. The van der Waals surface area contributed by atoms with Gasteiger partial charge in [-0.25, -0.2) is 0 Å². The van der Waals surface area contributed by atoms with Crippen LogP contribution in [-0.2, 0) is 11.8 Å². The van der Waals surface area contributed by atoms with E-state index in [2.05, 4.69) is 42.5 Å². The number of hydrogen-bond donors (Lipinski definition) is 0. The van der Waals surface area contributed by atoms with Crippen molar-refractivity contribution in [2.75, 3.05) is 0 Å². The molecule has 2 heteroatoms. The summed E-state index contributed by atoms with van der Waals surface area (Å²) in [5.41, 5.74) is 8.52. The van der Waals surface area contributed by atoms with Crippen LogP contribution in [0.5, 0.6) is 0 Å². The Morgan fingerprint density at radius 3 is 1.96 bits per heavy atom. The van der Waals surface area contributed by atoms with Crippen LogP contribution in [0.2, 0.25) is 0 Å². The molecular weight excluding hydrogens is 347 g/mol. The van der Waals surface area contributed by atoms with Gasteiger partial charge in [0.05, 0.1) is 0 Å². The van der Waals surface area contributed by atoms with E-state index in [4.69, 9.17) is 0 Å². The molecule has 25 heavy (non-hydrogen) atoms. The van der Waals surface area contributed by atoms with Crippen LogP contribution in [0.15, 0.2) is 42.5 Å². The highest BCUT2D eigenvalue weighted by Gasteiger charge is 2.52. The van der Waals surface area contributed by atoms with Crippen molar-refractivity contribution in [3.63, 3.8) is 0 Å². The van der Waals surface area contributed by atoms with Crippen molar-refractivity contribution >= 4 is 24.8 Å². The van der Waals surface area contributed by atoms with Gasteiger partial charge in [-0.3, -0.25) is 0 Å². The maximum atomic E-state index is 2.50. The number of rotatable bonds is 1. The fraction of sp³-hybridized carbons (Fsp3) is 0.478. The number of benzene rings is 2. The lowest BCUT2D eigenvalue weighted by Crippen LogP contribution is -2.48. The second-order valence-electron chi connectivity index (χ2n) is 8.86. The predicted octanol–water partition coefficient (Wildman–Crippen LogP) is 6.57.